The summed E-state index contributed by atoms with van der Waals surface area (Å²) in [4.78, 5) is 0. The smallest absolute Gasteiger partial charge is 0.257 e. The molecule has 0 aromatic carbocycles. The van der Waals surface area contributed by atoms with Gasteiger partial charge in [-0.15, -0.1) is 0 Å². The first-order chi connectivity index (χ1) is 7.33. The number of rotatable bonds is 5. The maximum atomic E-state index is 11.9. The second-order valence-corrected chi connectivity index (χ2v) is 5.69. The lowest BCUT2D eigenvalue weighted by Crippen LogP contribution is -2.37. The highest BCUT2D eigenvalue weighted by Crippen LogP contribution is 2.08. The fourth-order valence-electron chi connectivity index (χ4n) is 1.56. The molecule has 1 heterocycles. The van der Waals surface area contributed by atoms with Crippen molar-refractivity contribution in [3.05, 3.63) is 12.3 Å². The highest BCUT2D eigenvalue weighted by Gasteiger charge is 2.20. The van der Waals surface area contributed by atoms with Crippen molar-refractivity contribution in [3.63, 3.8) is 0 Å². The molecule has 6 nitrogen and oxygen atoms in total. The number of aromatic nitrogens is 2. The van der Waals surface area contributed by atoms with E-state index in [2.05, 4.69) is 9.82 Å². The zero-order chi connectivity index (χ0) is 12.3. The molecular formula is C9H18N4O2S. The van der Waals surface area contributed by atoms with Crippen LogP contribution in [0.1, 0.15) is 20.3 Å². The molecule has 1 aromatic rings. The van der Waals surface area contributed by atoms with E-state index in [0.717, 1.165) is 0 Å². The topological polar surface area (TPSA) is 90.0 Å². The van der Waals surface area contributed by atoms with Crippen LogP contribution in [0.4, 0.5) is 0 Å². The lowest BCUT2D eigenvalue weighted by molar-refractivity contribution is 0.511. The van der Waals surface area contributed by atoms with Gasteiger partial charge in [0, 0.05) is 19.1 Å². The maximum Gasteiger partial charge on any atom is 0.257 e. The number of hydrogen-bond donors (Lipinski definition) is 2. The first-order valence-corrected chi connectivity index (χ1v) is 6.57. The quantitative estimate of drug-likeness (QED) is 0.754. The molecule has 1 aromatic heterocycles. The van der Waals surface area contributed by atoms with Gasteiger partial charge in [0.1, 0.15) is 0 Å². The van der Waals surface area contributed by atoms with Gasteiger partial charge >= 0.3 is 0 Å². The molecule has 0 saturated carbocycles. The van der Waals surface area contributed by atoms with Crippen molar-refractivity contribution in [2.45, 2.75) is 37.4 Å². The molecule has 1 rings (SSSR count). The van der Waals surface area contributed by atoms with E-state index in [1.807, 2.05) is 6.92 Å². The summed E-state index contributed by atoms with van der Waals surface area (Å²) in [5.74, 6) is 0. The van der Waals surface area contributed by atoms with Crippen LogP contribution >= 0.6 is 0 Å². The minimum absolute atomic E-state index is 0.0377. The van der Waals surface area contributed by atoms with Gasteiger partial charge in [-0.1, -0.05) is 0 Å². The number of nitrogens with zero attached hydrogens (tertiary/aromatic N) is 2. The molecule has 0 aliphatic carbocycles. The van der Waals surface area contributed by atoms with Crippen LogP contribution in [0.3, 0.4) is 0 Å². The summed E-state index contributed by atoms with van der Waals surface area (Å²) >= 11 is 0. The molecular weight excluding hydrogens is 228 g/mol. The van der Waals surface area contributed by atoms with Gasteiger partial charge in [0.2, 0.25) is 0 Å². The Morgan fingerprint density at radius 2 is 2.19 bits per heavy atom. The standard InChI is InChI=1S/C9H18N4O2S/c1-7(10)6-8(2)12-16(14,15)9-4-5-11-13(9)3/h4-5,7-8,12H,6,10H2,1-3H3. The molecule has 3 N–H and O–H groups in total. The average Bonchev–Trinajstić information content (AvgIpc) is 2.48. The molecule has 0 saturated heterocycles. The van der Waals surface area contributed by atoms with Crippen LogP contribution < -0.4 is 10.5 Å². The van der Waals surface area contributed by atoms with E-state index in [-0.39, 0.29) is 17.1 Å². The average molecular weight is 246 g/mol. The summed E-state index contributed by atoms with van der Waals surface area (Å²) in [6.07, 6.45) is 2.04. The Morgan fingerprint density at radius 1 is 1.56 bits per heavy atom. The van der Waals surface area contributed by atoms with E-state index in [9.17, 15) is 8.42 Å². The van der Waals surface area contributed by atoms with Crippen LogP contribution in [0.15, 0.2) is 17.3 Å². The zero-order valence-corrected chi connectivity index (χ0v) is 10.5. The summed E-state index contributed by atoms with van der Waals surface area (Å²) in [5.41, 5.74) is 5.61. The molecule has 0 fully saturated rings. The van der Waals surface area contributed by atoms with Gasteiger partial charge in [0.15, 0.2) is 5.03 Å². The van der Waals surface area contributed by atoms with E-state index in [4.69, 9.17) is 5.73 Å². The summed E-state index contributed by atoms with van der Waals surface area (Å²) in [5, 5.41) is 3.98. The number of nitrogens with two attached hydrogens (primary N) is 1. The van der Waals surface area contributed by atoms with E-state index in [1.165, 1.54) is 16.9 Å². The van der Waals surface area contributed by atoms with Crippen LogP contribution in [-0.4, -0.2) is 30.3 Å². The Morgan fingerprint density at radius 3 is 2.62 bits per heavy atom. The highest BCUT2D eigenvalue weighted by molar-refractivity contribution is 7.89. The van der Waals surface area contributed by atoms with Gasteiger partial charge in [-0.25, -0.2) is 13.1 Å². The van der Waals surface area contributed by atoms with Crippen molar-refractivity contribution in [1.82, 2.24) is 14.5 Å². The predicted octanol–water partition coefficient (Wildman–Crippen LogP) is -0.176. The third-order valence-corrected chi connectivity index (χ3v) is 3.80. The maximum absolute atomic E-state index is 11.9. The van der Waals surface area contributed by atoms with Crippen LogP contribution in [0.25, 0.3) is 0 Å². The number of nitrogens with one attached hydrogen (secondary N) is 1. The van der Waals surface area contributed by atoms with Crippen molar-refractivity contribution in [3.8, 4) is 0 Å². The van der Waals surface area contributed by atoms with Crippen molar-refractivity contribution in [1.29, 1.82) is 0 Å². The summed E-state index contributed by atoms with van der Waals surface area (Å²) in [6.45, 7) is 3.63. The Balaban J connectivity index is 2.77. The molecule has 0 aliphatic heterocycles. The predicted molar refractivity (Wildman–Crippen MR) is 61.3 cm³/mol. The molecule has 0 bridgehead atoms. The van der Waals surface area contributed by atoms with Gasteiger partial charge < -0.3 is 5.73 Å². The van der Waals surface area contributed by atoms with Crippen LogP contribution in [0.2, 0.25) is 0 Å². The Kier molecular flexibility index (Phi) is 4.06. The number of hydrogen-bond acceptors (Lipinski definition) is 4. The molecule has 0 radical (unpaired) electrons. The van der Waals surface area contributed by atoms with Crippen LogP contribution in [0, 0.1) is 0 Å². The molecule has 0 spiro atoms. The van der Waals surface area contributed by atoms with Gasteiger partial charge in [0.05, 0.1) is 6.20 Å². The molecule has 0 aliphatic rings. The number of aryl methyl sites for hydroxylation is 1. The zero-order valence-electron chi connectivity index (χ0n) is 9.71. The largest absolute Gasteiger partial charge is 0.328 e. The molecule has 92 valence electrons. The minimum Gasteiger partial charge on any atom is -0.328 e. The Bertz CT molecular complexity index is 438. The molecule has 2 unspecified atom stereocenters. The van der Waals surface area contributed by atoms with E-state index >= 15 is 0 Å². The van der Waals surface area contributed by atoms with Gasteiger partial charge in [-0.3, -0.25) is 4.68 Å². The Hall–Kier alpha value is -0.920. The van der Waals surface area contributed by atoms with Crippen molar-refractivity contribution in [2.24, 2.45) is 12.8 Å². The van der Waals surface area contributed by atoms with Gasteiger partial charge in [-0.05, 0) is 26.3 Å². The molecule has 16 heavy (non-hydrogen) atoms. The first-order valence-electron chi connectivity index (χ1n) is 5.09. The molecule has 2 atom stereocenters. The fraction of sp³-hybridized carbons (Fsp3) is 0.667. The normalized spacial score (nSPS) is 16.0. The lowest BCUT2D eigenvalue weighted by Gasteiger charge is -2.15. The summed E-state index contributed by atoms with van der Waals surface area (Å²) < 4.78 is 27.7. The van der Waals surface area contributed by atoms with Crippen molar-refractivity contribution < 1.29 is 8.42 Å². The lowest BCUT2D eigenvalue weighted by atomic mass is 10.1. The molecule has 7 heteroatoms. The highest BCUT2D eigenvalue weighted by atomic mass is 32.2. The summed E-state index contributed by atoms with van der Waals surface area (Å²) in [6, 6.07) is 1.23. The minimum atomic E-state index is -3.50. The van der Waals surface area contributed by atoms with Gasteiger partial charge in [-0.2, -0.15) is 5.10 Å². The first kappa shape index (κ1) is 13.1. The SMILES string of the molecule is CC(N)CC(C)NS(=O)(=O)c1ccnn1C. The van der Waals surface area contributed by atoms with Crippen LogP contribution in [-0.2, 0) is 17.1 Å². The van der Waals surface area contributed by atoms with E-state index in [0.29, 0.717) is 6.42 Å². The summed E-state index contributed by atoms with van der Waals surface area (Å²) in [7, 11) is -1.91. The van der Waals surface area contributed by atoms with Gasteiger partial charge in [0.25, 0.3) is 10.0 Å². The third-order valence-electron chi connectivity index (χ3n) is 2.13. The Labute approximate surface area is 95.9 Å². The molecule has 0 amide bonds. The third kappa shape index (κ3) is 3.29. The van der Waals surface area contributed by atoms with Crippen molar-refractivity contribution in [2.75, 3.05) is 0 Å². The van der Waals surface area contributed by atoms with Crippen LogP contribution in [0.5, 0.6) is 0 Å². The fourth-order valence-corrected chi connectivity index (χ4v) is 2.94. The van der Waals surface area contributed by atoms with Crippen molar-refractivity contribution >= 4 is 10.0 Å². The van der Waals surface area contributed by atoms with E-state index < -0.39 is 10.0 Å². The second-order valence-electron chi connectivity index (χ2n) is 4.03. The number of sulfonamides is 1. The van der Waals surface area contributed by atoms with E-state index in [1.54, 1.807) is 14.0 Å². The second kappa shape index (κ2) is 4.94. The monoisotopic (exact) mass is 246 g/mol.